The van der Waals surface area contributed by atoms with Gasteiger partial charge in [-0.05, 0) is 47.5 Å². The zero-order chi connectivity index (χ0) is 22.4. The van der Waals surface area contributed by atoms with Crippen LogP contribution in [0.1, 0.15) is 22.2 Å². The fourth-order valence-corrected chi connectivity index (χ4v) is 4.67. The lowest BCUT2D eigenvalue weighted by molar-refractivity contribution is -0.132. The summed E-state index contributed by atoms with van der Waals surface area (Å²) >= 11 is 1.18. The number of aliphatic hydroxyl groups is 1. The maximum absolute atomic E-state index is 13.4. The van der Waals surface area contributed by atoms with Gasteiger partial charge < -0.3 is 5.11 Å². The summed E-state index contributed by atoms with van der Waals surface area (Å²) in [7, 11) is 0. The molecular weight excluding hydrogens is 429 g/mol. The number of aliphatic hydroxyl groups excluding tert-OH is 1. The zero-order valence-corrected chi connectivity index (χ0v) is 17.6. The normalized spacial score (nSPS) is 17.9. The molecule has 1 amide bonds. The molecule has 3 aromatic carbocycles. The SMILES string of the molecule is Cc1nnc(N2C(=O)C(=O)/C(=C(/O)c3ccc(F)cc3)[C@H]2c2cccc3ccccc23)s1. The highest BCUT2D eigenvalue weighted by Gasteiger charge is 2.48. The van der Waals surface area contributed by atoms with E-state index in [0.717, 1.165) is 10.8 Å². The first kappa shape index (κ1) is 20.0. The van der Waals surface area contributed by atoms with Crippen LogP contribution in [0.4, 0.5) is 9.52 Å². The van der Waals surface area contributed by atoms with Crippen LogP contribution in [0.5, 0.6) is 0 Å². The molecule has 8 heteroatoms. The average molecular weight is 445 g/mol. The Morgan fingerprint density at radius 3 is 2.44 bits per heavy atom. The summed E-state index contributed by atoms with van der Waals surface area (Å²) in [6, 6.07) is 17.4. The number of fused-ring (bicyclic) bond motifs is 1. The quantitative estimate of drug-likeness (QED) is 0.279. The van der Waals surface area contributed by atoms with Gasteiger partial charge in [0.25, 0.3) is 5.78 Å². The summed E-state index contributed by atoms with van der Waals surface area (Å²) in [5.41, 5.74) is 0.827. The second-order valence-corrected chi connectivity index (χ2v) is 8.51. The molecule has 1 aromatic heterocycles. The number of amides is 1. The van der Waals surface area contributed by atoms with Gasteiger partial charge in [-0.3, -0.25) is 14.5 Å². The number of Topliss-reactive ketones (excluding diaryl/α,β-unsaturated/α-hetero) is 1. The van der Waals surface area contributed by atoms with E-state index in [-0.39, 0.29) is 22.0 Å². The first-order valence-electron chi connectivity index (χ1n) is 9.80. The van der Waals surface area contributed by atoms with E-state index >= 15 is 0 Å². The summed E-state index contributed by atoms with van der Waals surface area (Å²) in [6.07, 6.45) is 0. The Morgan fingerprint density at radius 1 is 1.00 bits per heavy atom. The maximum Gasteiger partial charge on any atom is 0.301 e. The number of carbonyl (C=O) groups excluding carboxylic acids is 2. The number of rotatable bonds is 3. The highest BCUT2D eigenvalue weighted by molar-refractivity contribution is 7.15. The Bertz CT molecular complexity index is 1410. The number of aryl methyl sites for hydroxylation is 1. The van der Waals surface area contributed by atoms with Crippen molar-refractivity contribution >= 4 is 44.7 Å². The number of nitrogens with zero attached hydrogens (tertiary/aromatic N) is 3. The minimum Gasteiger partial charge on any atom is -0.507 e. The molecule has 4 aromatic rings. The molecule has 6 nitrogen and oxygen atoms in total. The van der Waals surface area contributed by atoms with Gasteiger partial charge in [0.15, 0.2) is 0 Å². The topological polar surface area (TPSA) is 83.4 Å². The Hall–Kier alpha value is -3.91. The molecule has 1 saturated heterocycles. The molecule has 0 radical (unpaired) electrons. The highest BCUT2D eigenvalue weighted by atomic mass is 32.1. The third-order valence-corrected chi connectivity index (χ3v) is 6.24. The van der Waals surface area contributed by atoms with Gasteiger partial charge in [-0.1, -0.05) is 53.8 Å². The van der Waals surface area contributed by atoms with Crippen LogP contribution in [0.25, 0.3) is 16.5 Å². The fraction of sp³-hybridized carbons (Fsp3) is 0.0833. The van der Waals surface area contributed by atoms with Gasteiger partial charge in [0.05, 0.1) is 11.6 Å². The van der Waals surface area contributed by atoms with Crippen molar-refractivity contribution in [1.29, 1.82) is 0 Å². The van der Waals surface area contributed by atoms with Gasteiger partial charge in [-0.25, -0.2) is 4.39 Å². The van der Waals surface area contributed by atoms with Crippen LogP contribution in [0.2, 0.25) is 0 Å². The number of anilines is 1. The predicted molar refractivity (Wildman–Crippen MR) is 120 cm³/mol. The van der Waals surface area contributed by atoms with Crippen molar-refractivity contribution in [2.75, 3.05) is 4.90 Å². The summed E-state index contributed by atoms with van der Waals surface area (Å²) < 4.78 is 13.4. The van der Waals surface area contributed by atoms with Crippen molar-refractivity contribution in [3.8, 4) is 0 Å². The number of benzene rings is 3. The number of hydrogen-bond donors (Lipinski definition) is 1. The second-order valence-electron chi connectivity index (χ2n) is 7.35. The molecule has 2 heterocycles. The van der Waals surface area contributed by atoms with Crippen LogP contribution in [-0.2, 0) is 9.59 Å². The molecule has 158 valence electrons. The molecule has 0 spiro atoms. The van der Waals surface area contributed by atoms with E-state index < -0.39 is 23.5 Å². The minimum absolute atomic E-state index is 0.0779. The van der Waals surface area contributed by atoms with Gasteiger partial charge in [-0.15, -0.1) is 10.2 Å². The standard InChI is InChI=1S/C24H16FN3O3S/c1-13-26-27-24(32-13)28-20(18-8-4-6-14-5-2-3-7-17(14)18)19(22(30)23(28)31)21(29)15-9-11-16(25)12-10-15/h2-12,20,29H,1H3/b21-19+/t20-/m1/s1. The van der Waals surface area contributed by atoms with Crippen LogP contribution in [-0.4, -0.2) is 27.0 Å². The van der Waals surface area contributed by atoms with Crippen molar-refractivity contribution in [2.45, 2.75) is 13.0 Å². The van der Waals surface area contributed by atoms with Crippen LogP contribution >= 0.6 is 11.3 Å². The van der Waals surface area contributed by atoms with E-state index in [1.54, 1.807) is 6.92 Å². The maximum atomic E-state index is 13.4. The number of aromatic nitrogens is 2. The number of carbonyl (C=O) groups is 2. The van der Waals surface area contributed by atoms with Gasteiger partial charge in [0, 0.05) is 5.56 Å². The van der Waals surface area contributed by atoms with E-state index in [1.807, 2.05) is 42.5 Å². The Balaban J connectivity index is 1.80. The smallest absolute Gasteiger partial charge is 0.301 e. The third-order valence-electron chi connectivity index (χ3n) is 5.40. The van der Waals surface area contributed by atoms with Crippen molar-refractivity contribution < 1.29 is 19.1 Å². The Labute approximate surface area is 186 Å². The average Bonchev–Trinajstić information content (AvgIpc) is 3.34. The van der Waals surface area contributed by atoms with Crippen molar-refractivity contribution in [3.63, 3.8) is 0 Å². The zero-order valence-electron chi connectivity index (χ0n) is 16.8. The molecule has 0 saturated carbocycles. The molecule has 0 aliphatic carbocycles. The largest absolute Gasteiger partial charge is 0.507 e. The van der Waals surface area contributed by atoms with Crippen LogP contribution in [0, 0.1) is 12.7 Å². The monoisotopic (exact) mass is 445 g/mol. The number of ketones is 1. The van der Waals surface area contributed by atoms with Gasteiger partial charge in [-0.2, -0.15) is 0 Å². The molecular formula is C24H16FN3O3S. The Morgan fingerprint density at radius 2 is 1.72 bits per heavy atom. The van der Waals surface area contributed by atoms with Gasteiger partial charge in [0.1, 0.15) is 16.6 Å². The molecule has 1 atom stereocenters. The van der Waals surface area contributed by atoms with E-state index in [4.69, 9.17) is 0 Å². The first-order valence-corrected chi connectivity index (χ1v) is 10.6. The summed E-state index contributed by atoms with van der Waals surface area (Å²) in [4.78, 5) is 27.6. The third kappa shape index (κ3) is 3.16. The predicted octanol–water partition coefficient (Wildman–Crippen LogP) is 4.77. The summed E-state index contributed by atoms with van der Waals surface area (Å²) in [5, 5.41) is 21.8. The van der Waals surface area contributed by atoms with E-state index in [0.29, 0.717) is 10.6 Å². The van der Waals surface area contributed by atoms with Crippen molar-refractivity contribution in [2.24, 2.45) is 0 Å². The van der Waals surface area contributed by atoms with E-state index in [9.17, 15) is 19.1 Å². The molecule has 0 unspecified atom stereocenters. The second kappa shape index (κ2) is 7.65. The van der Waals surface area contributed by atoms with Crippen molar-refractivity contribution in [3.05, 3.63) is 94.3 Å². The van der Waals surface area contributed by atoms with Gasteiger partial charge >= 0.3 is 5.91 Å². The highest BCUT2D eigenvalue weighted by Crippen LogP contribution is 2.44. The summed E-state index contributed by atoms with van der Waals surface area (Å²) in [6.45, 7) is 1.75. The van der Waals surface area contributed by atoms with Crippen LogP contribution in [0.3, 0.4) is 0 Å². The van der Waals surface area contributed by atoms with Gasteiger partial charge in [0.2, 0.25) is 5.13 Å². The molecule has 1 fully saturated rings. The van der Waals surface area contributed by atoms with E-state index in [1.165, 1.54) is 40.5 Å². The fourth-order valence-electron chi connectivity index (χ4n) is 3.96. The number of hydrogen-bond acceptors (Lipinski definition) is 6. The van der Waals surface area contributed by atoms with Crippen molar-refractivity contribution in [1.82, 2.24) is 10.2 Å². The molecule has 0 bridgehead atoms. The lowest BCUT2D eigenvalue weighted by Gasteiger charge is -2.24. The lowest BCUT2D eigenvalue weighted by Crippen LogP contribution is -2.29. The molecule has 5 rings (SSSR count). The summed E-state index contributed by atoms with van der Waals surface area (Å²) in [5.74, 6) is -2.48. The Kier molecular flexibility index (Phi) is 4.79. The first-order chi connectivity index (χ1) is 15.5. The minimum atomic E-state index is -0.918. The van der Waals surface area contributed by atoms with Crippen LogP contribution < -0.4 is 4.90 Å². The van der Waals surface area contributed by atoms with E-state index in [2.05, 4.69) is 10.2 Å². The molecule has 1 N–H and O–H groups in total. The lowest BCUT2D eigenvalue weighted by atomic mass is 9.92. The van der Waals surface area contributed by atoms with Crippen LogP contribution in [0.15, 0.2) is 72.3 Å². The number of halogens is 1. The molecule has 1 aliphatic rings. The molecule has 32 heavy (non-hydrogen) atoms. The molecule has 1 aliphatic heterocycles.